The summed E-state index contributed by atoms with van der Waals surface area (Å²) < 4.78 is 11.0. The Hall–Kier alpha value is -2.82. The number of anilines is 1. The highest BCUT2D eigenvalue weighted by atomic mass is 16.6. The molecule has 0 N–H and O–H groups in total. The first-order chi connectivity index (χ1) is 13.3. The smallest absolute Gasteiger partial charge is 0.415 e. The molecule has 1 aliphatic rings. The monoisotopic (exact) mass is 381 g/mol. The molecule has 1 heterocycles. The van der Waals surface area contributed by atoms with Crippen LogP contribution in [-0.4, -0.2) is 23.7 Å². The van der Waals surface area contributed by atoms with Crippen LogP contribution in [-0.2, 0) is 27.3 Å². The van der Waals surface area contributed by atoms with Crippen LogP contribution in [0.5, 0.6) is 0 Å². The van der Waals surface area contributed by atoms with E-state index in [2.05, 4.69) is 0 Å². The Labute approximate surface area is 166 Å². The van der Waals surface area contributed by atoms with E-state index in [4.69, 9.17) is 9.47 Å². The fourth-order valence-corrected chi connectivity index (χ4v) is 3.35. The van der Waals surface area contributed by atoms with Crippen molar-refractivity contribution in [3.05, 3.63) is 65.7 Å². The van der Waals surface area contributed by atoms with Crippen LogP contribution in [0.4, 0.5) is 10.5 Å². The third kappa shape index (κ3) is 5.12. The summed E-state index contributed by atoms with van der Waals surface area (Å²) in [6.07, 6.45) is 1.21. The number of hydrogen-bond acceptors (Lipinski definition) is 4. The summed E-state index contributed by atoms with van der Waals surface area (Å²) >= 11 is 0. The maximum absolute atomic E-state index is 12.9. The Morgan fingerprint density at radius 2 is 1.71 bits per heavy atom. The van der Waals surface area contributed by atoms with Crippen molar-refractivity contribution in [2.45, 2.75) is 58.3 Å². The van der Waals surface area contributed by atoms with Gasteiger partial charge in [-0.15, -0.1) is 0 Å². The highest BCUT2D eigenvalue weighted by Gasteiger charge is 2.35. The zero-order chi connectivity index (χ0) is 20.1. The Balaban J connectivity index is 1.73. The maximum atomic E-state index is 12.9. The van der Waals surface area contributed by atoms with Crippen LogP contribution in [0.2, 0.25) is 0 Å². The van der Waals surface area contributed by atoms with Crippen molar-refractivity contribution in [1.29, 1.82) is 0 Å². The molecule has 0 aromatic heterocycles. The average molecular weight is 381 g/mol. The molecule has 1 atom stereocenters. The SMILES string of the molecule is CC(C)(C)OC(=O)N1c2ccccc2CCC1CC(=O)OCc1ccccc1. The summed E-state index contributed by atoms with van der Waals surface area (Å²) in [5.74, 6) is -0.318. The van der Waals surface area contributed by atoms with Gasteiger partial charge >= 0.3 is 12.1 Å². The molecule has 0 radical (unpaired) electrons. The van der Waals surface area contributed by atoms with Crippen LogP contribution in [0.1, 0.15) is 44.7 Å². The van der Waals surface area contributed by atoms with E-state index in [1.165, 1.54) is 0 Å². The number of aryl methyl sites for hydroxylation is 1. The normalized spacial score (nSPS) is 16.2. The summed E-state index contributed by atoms with van der Waals surface area (Å²) in [6, 6.07) is 17.0. The van der Waals surface area contributed by atoms with Crippen molar-refractivity contribution in [2.24, 2.45) is 0 Å². The number of ether oxygens (including phenoxy) is 2. The molecule has 2 aromatic rings. The third-order valence-electron chi connectivity index (χ3n) is 4.60. The van der Waals surface area contributed by atoms with Gasteiger partial charge in [0.05, 0.1) is 18.2 Å². The summed E-state index contributed by atoms with van der Waals surface area (Å²) in [4.78, 5) is 27.0. The Kier molecular flexibility index (Phi) is 6.02. The number of rotatable bonds is 4. The van der Waals surface area contributed by atoms with Crippen molar-refractivity contribution >= 4 is 17.7 Å². The minimum atomic E-state index is -0.609. The Morgan fingerprint density at radius 1 is 1.04 bits per heavy atom. The zero-order valence-corrected chi connectivity index (χ0v) is 16.7. The van der Waals surface area contributed by atoms with E-state index in [1.54, 1.807) is 4.90 Å². The molecule has 1 unspecified atom stereocenters. The third-order valence-corrected chi connectivity index (χ3v) is 4.60. The van der Waals surface area contributed by atoms with Gasteiger partial charge in [0.1, 0.15) is 12.2 Å². The van der Waals surface area contributed by atoms with Crippen LogP contribution in [0.3, 0.4) is 0 Å². The lowest BCUT2D eigenvalue weighted by molar-refractivity contribution is -0.145. The van der Waals surface area contributed by atoms with Crippen LogP contribution < -0.4 is 4.90 Å². The van der Waals surface area contributed by atoms with Crippen LogP contribution >= 0.6 is 0 Å². The number of esters is 1. The first-order valence-electron chi connectivity index (χ1n) is 9.63. The molecule has 0 fully saturated rings. The summed E-state index contributed by atoms with van der Waals surface area (Å²) in [7, 11) is 0. The standard InChI is InChI=1S/C23H27NO4/c1-23(2,3)28-22(26)24-19(14-13-18-11-7-8-12-20(18)24)15-21(25)27-16-17-9-5-4-6-10-17/h4-12,19H,13-16H2,1-3H3. The molecule has 1 aliphatic heterocycles. The largest absolute Gasteiger partial charge is 0.461 e. The molecule has 0 aliphatic carbocycles. The predicted molar refractivity (Wildman–Crippen MR) is 108 cm³/mol. The fourth-order valence-electron chi connectivity index (χ4n) is 3.35. The van der Waals surface area contributed by atoms with Gasteiger partial charge in [0.25, 0.3) is 0 Å². The number of fused-ring (bicyclic) bond motifs is 1. The molecular weight excluding hydrogens is 354 g/mol. The van der Waals surface area contributed by atoms with Crippen molar-refractivity contribution in [2.75, 3.05) is 4.90 Å². The maximum Gasteiger partial charge on any atom is 0.415 e. The first kappa shape index (κ1) is 19.9. The van der Waals surface area contributed by atoms with Crippen LogP contribution in [0.25, 0.3) is 0 Å². The minimum Gasteiger partial charge on any atom is -0.461 e. The minimum absolute atomic E-state index is 0.139. The van der Waals surface area contributed by atoms with Gasteiger partial charge in [-0.3, -0.25) is 9.69 Å². The number of nitrogens with zero attached hydrogens (tertiary/aromatic N) is 1. The quantitative estimate of drug-likeness (QED) is 0.709. The van der Waals surface area contributed by atoms with E-state index in [0.29, 0.717) is 6.42 Å². The van der Waals surface area contributed by atoms with Gasteiger partial charge < -0.3 is 9.47 Å². The van der Waals surface area contributed by atoms with E-state index in [0.717, 1.165) is 23.2 Å². The summed E-state index contributed by atoms with van der Waals surface area (Å²) in [5, 5.41) is 0. The summed E-state index contributed by atoms with van der Waals surface area (Å²) in [6.45, 7) is 5.74. The number of amides is 1. The highest BCUT2D eigenvalue weighted by Crippen LogP contribution is 2.33. The molecule has 5 nitrogen and oxygen atoms in total. The molecule has 0 bridgehead atoms. The fraction of sp³-hybridized carbons (Fsp3) is 0.391. The number of carbonyl (C=O) groups is 2. The van der Waals surface area contributed by atoms with Gasteiger partial charge in [0.15, 0.2) is 0 Å². The molecule has 5 heteroatoms. The van der Waals surface area contributed by atoms with E-state index in [1.807, 2.05) is 75.4 Å². The number of hydrogen-bond donors (Lipinski definition) is 0. The first-order valence-corrected chi connectivity index (χ1v) is 9.63. The van der Waals surface area contributed by atoms with Gasteiger partial charge in [-0.05, 0) is 50.8 Å². The molecule has 28 heavy (non-hydrogen) atoms. The van der Waals surface area contributed by atoms with Gasteiger partial charge in [-0.2, -0.15) is 0 Å². The molecule has 148 valence electrons. The molecular formula is C23H27NO4. The van der Waals surface area contributed by atoms with Crippen molar-refractivity contribution in [1.82, 2.24) is 0 Å². The average Bonchev–Trinajstić information content (AvgIpc) is 2.65. The lowest BCUT2D eigenvalue weighted by Gasteiger charge is -2.37. The topological polar surface area (TPSA) is 55.8 Å². The highest BCUT2D eigenvalue weighted by molar-refractivity contribution is 5.91. The second-order valence-corrected chi connectivity index (χ2v) is 8.02. The number of carbonyl (C=O) groups excluding carboxylic acids is 2. The van der Waals surface area contributed by atoms with E-state index >= 15 is 0 Å². The van der Waals surface area contributed by atoms with Crippen molar-refractivity contribution in [3.8, 4) is 0 Å². The second kappa shape index (κ2) is 8.46. The van der Waals surface area contributed by atoms with Crippen LogP contribution in [0, 0.1) is 0 Å². The lowest BCUT2D eigenvalue weighted by Crippen LogP contribution is -2.47. The van der Waals surface area contributed by atoms with Crippen LogP contribution in [0.15, 0.2) is 54.6 Å². The zero-order valence-electron chi connectivity index (χ0n) is 16.7. The van der Waals surface area contributed by atoms with Gasteiger partial charge in [-0.25, -0.2) is 4.79 Å². The van der Waals surface area contributed by atoms with E-state index in [-0.39, 0.29) is 25.0 Å². The van der Waals surface area contributed by atoms with E-state index in [9.17, 15) is 9.59 Å². The van der Waals surface area contributed by atoms with Gasteiger partial charge in [-0.1, -0.05) is 48.5 Å². The Morgan fingerprint density at radius 3 is 2.43 bits per heavy atom. The number of benzene rings is 2. The molecule has 0 saturated carbocycles. The lowest BCUT2D eigenvalue weighted by atomic mass is 9.94. The van der Waals surface area contributed by atoms with E-state index < -0.39 is 11.7 Å². The summed E-state index contributed by atoms with van der Waals surface area (Å²) in [5.41, 5.74) is 2.22. The van der Waals surface area contributed by atoms with Gasteiger partial charge in [0, 0.05) is 0 Å². The Bertz CT molecular complexity index is 826. The molecule has 0 spiro atoms. The molecule has 1 amide bonds. The molecule has 0 saturated heterocycles. The molecule has 3 rings (SSSR count). The van der Waals surface area contributed by atoms with Crippen molar-refractivity contribution < 1.29 is 19.1 Å². The van der Waals surface area contributed by atoms with Crippen molar-refractivity contribution in [3.63, 3.8) is 0 Å². The number of para-hydroxylation sites is 1. The molecule has 2 aromatic carbocycles. The van der Waals surface area contributed by atoms with Gasteiger partial charge in [0.2, 0.25) is 0 Å². The predicted octanol–water partition coefficient (Wildman–Crippen LogP) is 4.88. The second-order valence-electron chi connectivity index (χ2n) is 8.02.